The van der Waals surface area contributed by atoms with E-state index in [1.807, 2.05) is 6.92 Å². The number of hydrogen-bond acceptors (Lipinski definition) is 5. The Bertz CT molecular complexity index is 539. The molecule has 6 heteroatoms. The molecule has 0 aliphatic rings. The van der Waals surface area contributed by atoms with Crippen molar-refractivity contribution in [2.24, 2.45) is 0 Å². The van der Waals surface area contributed by atoms with Crippen LogP contribution in [0.5, 0.6) is 5.75 Å². The molecule has 1 aromatic carbocycles. The zero-order valence-corrected chi connectivity index (χ0v) is 9.95. The van der Waals surface area contributed by atoms with Gasteiger partial charge in [-0.25, -0.2) is 0 Å². The fraction of sp³-hybridized carbons (Fsp3) is 0.182. The number of aromatic nitrogens is 2. The van der Waals surface area contributed by atoms with Crippen molar-refractivity contribution in [3.63, 3.8) is 0 Å². The van der Waals surface area contributed by atoms with Gasteiger partial charge in [-0.3, -0.25) is 10.1 Å². The van der Waals surface area contributed by atoms with Gasteiger partial charge in [-0.15, -0.1) is 10.2 Å². The first-order valence-corrected chi connectivity index (χ1v) is 5.92. The van der Waals surface area contributed by atoms with Crippen LogP contribution in [0.1, 0.15) is 22.3 Å². The Morgan fingerprint density at radius 3 is 2.82 bits per heavy atom. The molecule has 0 fully saturated rings. The SMILES string of the molecule is CCc1nnc(NC(=O)c2ccccc2[O-])s1. The lowest BCUT2D eigenvalue weighted by Gasteiger charge is -2.10. The van der Waals surface area contributed by atoms with Crippen molar-refractivity contribution in [2.45, 2.75) is 13.3 Å². The van der Waals surface area contributed by atoms with E-state index >= 15 is 0 Å². The predicted octanol–water partition coefficient (Wildman–Crippen LogP) is 1.43. The molecule has 1 N–H and O–H groups in total. The Hall–Kier alpha value is -1.95. The number of carbonyl (C=O) groups is 1. The van der Waals surface area contributed by atoms with E-state index in [9.17, 15) is 9.90 Å². The van der Waals surface area contributed by atoms with Crippen molar-refractivity contribution in [1.82, 2.24) is 10.2 Å². The van der Waals surface area contributed by atoms with Gasteiger partial charge < -0.3 is 5.11 Å². The second kappa shape index (κ2) is 4.92. The van der Waals surface area contributed by atoms with Crippen LogP contribution < -0.4 is 10.4 Å². The van der Waals surface area contributed by atoms with E-state index in [1.165, 1.54) is 23.5 Å². The number of rotatable bonds is 3. The number of nitrogens with one attached hydrogen (secondary N) is 1. The summed E-state index contributed by atoms with van der Waals surface area (Å²) in [6.45, 7) is 1.96. The summed E-state index contributed by atoms with van der Waals surface area (Å²) in [7, 11) is 0. The Labute approximate surface area is 102 Å². The van der Waals surface area contributed by atoms with Gasteiger partial charge in [0, 0.05) is 5.56 Å². The highest BCUT2D eigenvalue weighted by atomic mass is 32.1. The first kappa shape index (κ1) is 11.5. The van der Waals surface area contributed by atoms with Crippen LogP contribution >= 0.6 is 11.3 Å². The Balaban J connectivity index is 2.14. The minimum Gasteiger partial charge on any atom is -0.872 e. The van der Waals surface area contributed by atoms with Crippen molar-refractivity contribution in [1.29, 1.82) is 0 Å². The number of amides is 1. The summed E-state index contributed by atoms with van der Waals surface area (Å²) in [5.41, 5.74) is 0.112. The highest BCUT2D eigenvalue weighted by Gasteiger charge is 2.09. The van der Waals surface area contributed by atoms with E-state index in [0.717, 1.165) is 11.4 Å². The van der Waals surface area contributed by atoms with Crippen molar-refractivity contribution >= 4 is 22.4 Å². The summed E-state index contributed by atoms with van der Waals surface area (Å²) < 4.78 is 0. The van der Waals surface area contributed by atoms with Crippen LogP contribution in [0.15, 0.2) is 24.3 Å². The predicted molar refractivity (Wildman–Crippen MR) is 63.1 cm³/mol. The third-order valence-electron chi connectivity index (χ3n) is 2.12. The van der Waals surface area contributed by atoms with E-state index in [2.05, 4.69) is 15.5 Å². The van der Waals surface area contributed by atoms with Crippen LogP contribution in [-0.4, -0.2) is 16.1 Å². The number of benzene rings is 1. The number of aryl methyl sites for hydroxylation is 1. The molecule has 88 valence electrons. The fourth-order valence-corrected chi connectivity index (χ4v) is 1.94. The highest BCUT2D eigenvalue weighted by Crippen LogP contribution is 2.18. The van der Waals surface area contributed by atoms with E-state index in [-0.39, 0.29) is 11.3 Å². The van der Waals surface area contributed by atoms with E-state index in [1.54, 1.807) is 12.1 Å². The number of nitrogens with zero attached hydrogens (tertiary/aromatic N) is 2. The standard InChI is InChI=1S/C11H11N3O2S/c1-2-9-13-14-11(17-9)12-10(16)7-5-3-4-6-8(7)15/h3-6,15H,2H2,1H3,(H,12,14,16)/p-1. The molecule has 1 aromatic heterocycles. The minimum absolute atomic E-state index is 0.112. The largest absolute Gasteiger partial charge is 0.872 e. The number of carbonyl (C=O) groups excluding carboxylic acids is 1. The van der Waals surface area contributed by atoms with Gasteiger partial charge in [-0.05, 0) is 6.42 Å². The minimum atomic E-state index is -0.450. The number of para-hydroxylation sites is 1. The third kappa shape index (κ3) is 2.59. The normalized spacial score (nSPS) is 10.2. The van der Waals surface area contributed by atoms with E-state index < -0.39 is 5.91 Å². The molecule has 0 saturated heterocycles. The van der Waals surface area contributed by atoms with Gasteiger partial charge in [0.15, 0.2) is 0 Å². The van der Waals surface area contributed by atoms with Crippen LogP contribution in [0.4, 0.5) is 5.13 Å². The molecule has 17 heavy (non-hydrogen) atoms. The zero-order valence-electron chi connectivity index (χ0n) is 9.14. The molecule has 0 bridgehead atoms. The van der Waals surface area contributed by atoms with Crippen molar-refractivity contribution in [3.8, 4) is 5.75 Å². The summed E-state index contributed by atoms with van der Waals surface area (Å²) in [6, 6.07) is 6.08. The second-order valence-electron chi connectivity index (χ2n) is 3.30. The third-order valence-corrected chi connectivity index (χ3v) is 3.10. The molecular weight excluding hydrogens is 238 g/mol. The topological polar surface area (TPSA) is 77.9 Å². The lowest BCUT2D eigenvalue weighted by molar-refractivity contribution is -0.268. The molecule has 5 nitrogen and oxygen atoms in total. The number of hydrogen-bond donors (Lipinski definition) is 1. The molecular formula is C11H10N3O2S-. The molecule has 1 heterocycles. The van der Waals surface area contributed by atoms with Gasteiger partial charge in [-0.2, -0.15) is 0 Å². The summed E-state index contributed by atoms with van der Waals surface area (Å²) >= 11 is 1.31. The van der Waals surface area contributed by atoms with E-state index in [0.29, 0.717) is 5.13 Å². The molecule has 0 spiro atoms. The van der Waals surface area contributed by atoms with Gasteiger partial charge in [0.25, 0.3) is 5.91 Å². The van der Waals surface area contributed by atoms with Gasteiger partial charge in [-0.1, -0.05) is 48.3 Å². The van der Waals surface area contributed by atoms with Crippen molar-refractivity contribution in [2.75, 3.05) is 5.32 Å². The molecule has 0 saturated carbocycles. The summed E-state index contributed by atoms with van der Waals surface area (Å²) in [6.07, 6.45) is 0.770. The summed E-state index contributed by atoms with van der Waals surface area (Å²) in [5, 5.41) is 22.9. The smallest absolute Gasteiger partial charge is 0.256 e. The molecule has 1 amide bonds. The Kier molecular flexibility index (Phi) is 3.34. The van der Waals surface area contributed by atoms with Crippen molar-refractivity contribution < 1.29 is 9.90 Å². The molecule has 2 rings (SSSR count). The second-order valence-corrected chi connectivity index (χ2v) is 4.37. The summed E-state index contributed by atoms with van der Waals surface area (Å²) in [5.74, 6) is -0.750. The molecule has 0 atom stereocenters. The van der Waals surface area contributed by atoms with Gasteiger partial charge in [0.05, 0.1) is 0 Å². The Morgan fingerprint density at radius 1 is 1.41 bits per heavy atom. The van der Waals surface area contributed by atoms with Crippen LogP contribution in [-0.2, 0) is 6.42 Å². The highest BCUT2D eigenvalue weighted by molar-refractivity contribution is 7.15. The first-order chi connectivity index (χ1) is 8.20. The quantitative estimate of drug-likeness (QED) is 0.891. The number of anilines is 1. The lowest BCUT2D eigenvalue weighted by Crippen LogP contribution is -2.14. The van der Waals surface area contributed by atoms with Gasteiger partial charge in [0.1, 0.15) is 5.01 Å². The van der Waals surface area contributed by atoms with Crippen LogP contribution in [0, 0.1) is 0 Å². The monoisotopic (exact) mass is 248 g/mol. The maximum atomic E-state index is 11.8. The molecule has 0 aliphatic heterocycles. The van der Waals surface area contributed by atoms with Gasteiger partial charge in [0.2, 0.25) is 5.13 Å². The molecule has 2 aromatic rings. The molecule has 0 radical (unpaired) electrons. The van der Waals surface area contributed by atoms with Crippen molar-refractivity contribution in [3.05, 3.63) is 34.8 Å². The average molecular weight is 248 g/mol. The fourth-order valence-electron chi connectivity index (χ4n) is 1.27. The maximum Gasteiger partial charge on any atom is 0.256 e. The Morgan fingerprint density at radius 2 is 2.18 bits per heavy atom. The zero-order chi connectivity index (χ0) is 12.3. The van der Waals surface area contributed by atoms with E-state index in [4.69, 9.17) is 0 Å². The molecule has 0 unspecified atom stereocenters. The van der Waals surface area contributed by atoms with Gasteiger partial charge >= 0.3 is 0 Å². The summed E-state index contributed by atoms with van der Waals surface area (Å²) in [4.78, 5) is 11.8. The first-order valence-electron chi connectivity index (χ1n) is 5.10. The van der Waals surface area contributed by atoms with Crippen LogP contribution in [0.25, 0.3) is 0 Å². The maximum absolute atomic E-state index is 11.8. The van der Waals surface area contributed by atoms with Crippen LogP contribution in [0.3, 0.4) is 0 Å². The van der Waals surface area contributed by atoms with Crippen LogP contribution in [0.2, 0.25) is 0 Å². The lowest BCUT2D eigenvalue weighted by atomic mass is 10.2. The molecule has 0 aliphatic carbocycles. The average Bonchev–Trinajstić information content (AvgIpc) is 2.77.